The van der Waals surface area contributed by atoms with E-state index in [4.69, 9.17) is 31.2 Å². The number of amides is 1. The minimum atomic E-state index is -0.579. The molecule has 0 radical (unpaired) electrons. The van der Waals surface area contributed by atoms with Gasteiger partial charge in [0.2, 0.25) is 11.1 Å². The number of halogens is 2. The van der Waals surface area contributed by atoms with Gasteiger partial charge >= 0.3 is 0 Å². The molecule has 1 aromatic heterocycles. The van der Waals surface area contributed by atoms with Crippen molar-refractivity contribution < 1.29 is 14.3 Å². The molecular formula is C32H33BrClN5O3S. The summed E-state index contributed by atoms with van der Waals surface area (Å²) in [6.45, 7) is 8.66. The van der Waals surface area contributed by atoms with Crippen molar-refractivity contribution in [1.82, 2.24) is 14.8 Å². The lowest BCUT2D eigenvalue weighted by Crippen LogP contribution is -2.31. The van der Waals surface area contributed by atoms with Crippen LogP contribution in [0.2, 0.25) is 5.02 Å². The number of anilines is 2. The first-order chi connectivity index (χ1) is 20.8. The summed E-state index contributed by atoms with van der Waals surface area (Å²) < 4.78 is 14.8. The van der Waals surface area contributed by atoms with Crippen molar-refractivity contribution in [2.75, 3.05) is 23.0 Å². The molecule has 11 heteroatoms. The largest absolute Gasteiger partial charge is 0.490 e. The highest BCUT2D eigenvalue weighted by Gasteiger charge is 2.35. The van der Waals surface area contributed by atoms with Gasteiger partial charge in [0, 0.05) is 22.2 Å². The average Bonchev–Trinajstić information content (AvgIpc) is 3.39. The zero-order valence-electron chi connectivity index (χ0n) is 24.4. The number of nitrogens with one attached hydrogen (secondary N) is 2. The van der Waals surface area contributed by atoms with Crippen LogP contribution in [0.1, 0.15) is 49.9 Å². The molecule has 2 heterocycles. The predicted molar refractivity (Wildman–Crippen MR) is 176 cm³/mol. The molecule has 4 aromatic rings. The van der Waals surface area contributed by atoms with Crippen LogP contribution in [0.25, 0.3) is 0 Å². The van der Waals surface area contributed by atoms with Gasteiger partial charge in [-0.25, -0.2) is 4.68 Å². The molecule has 1 amide bonds. The van der Waals surface area contributed by atoms with Crippen molar-refractivity contribution in [3.63, 3.8) is 0 Å². The summed E-state index contributed by atoms with van der Waals surface area (Å²) in [5.41, 5.74) is 4.70. The van der Waals surface area contributed by atoms with E-state index in [0.717, 1.165) is 34.6 Å². The third-order valence-electron chi connectivity index (χ3n) is 6.85. The van der Waals surface area contributed by atoms with Gasteiger partial charge in [-0.2, -0.15) is 4.98 Å². The van der Waals surface area contributed by atoms with Crippen molar-refractivity contribution in [3.8, 4) is 11.5 Å². The van der Waals surface area contributed by atoms with E-state index < -0.39 is 6.04 Å². The molecular weight excluding hydrogens is 650 g/mol. The summed E-state index contributed by atoms with van der Waals surface area (Å²) in [5.74, 6) is 2.36. The molecule has 1 aliphatic rings. The Morgan fingerprint density at radius 2 is 1.88 bits per heavy atom. The van der Waals surface area contributed by atoms with Gasteiger partial charge in [-0.05, 0) is 90.1 Å². The number of hydrogen-bond acceptors (Lipinski definition) is 7. The van der Waals surface area contributed by atoms with E-state index in [1.54, 1.807) is 16.4 Å². The van der Waals surface area contributed by atoms with Crippen LogP contribution < -0.4 is 20.1 Å². The van der Waals surface area contributed by atoms with Crippen molar-refractivity contribution in [1.29, 1.82) is 0 Å². The number of carbonyl (C=O) groups excluding carboxylic acids is 1. The Hall–Kier alpha value is -3.47. The quantitative estimate of drug-likeness (QED) is 0.154. The molecule has 0 spiro atoms. The Kier molecular flexibility index (Phi) is 10.00. The summed E-state index contributed by atoms with van der Waals surface area (Å²) in [4.78, 5) is 18.7. The van der Waals surface area contributed by atoms with Crippen molar-refractivity contribution >= 4 is 56.8 Å². The number of thioether (sulfide) groups is 1. The molecule has 2 N–H and O–H groups in total. The minimum absolute atomic E-state index is 0.231. The summed E-state index contributed by atoms with van der Waals surface area (Å²) in [6, 6.07) is 18.5. The first-order valence-electron chi connectivity index (χ1n) is 14.1. The molecule has 1 aliphatic heterocycles. The lowest BCUT2D eigenvalue weighted by atomic mass is 9.94. The van der Waals surface area contributed by atoms with Crippen LogP contribution in [-0.4, -0.2) is 33.0 Å². The Morgan fingerprint density at radius 3 is 2.60 bits per heavy atom. The Balaban J connectivity index is 1.57. The Morgan fingerprint density at radius 1 is 1.12 bits per heavy atom. The average molecular weight is 683 g/mol. The number of allylic oxidation sites excluding steroid dienone is 1. The highest BCUT2D eigenvalue weighted by Crippen LogP contribution is 2.43. The number of benzene rings is 3. The topological polar surface area (TPSA) is 90.3 Å². The molecule has 1 unspecified atom stereocenters. The molecule has 1 atom stereocenters. The van der Waals surface area contributed by atoms with E-state index in [0.29, 0.717) is 56.6 Å². The lowest BCUT2D eigenvalue weighted by Gasteiger charge is -2.29. The summed E-state index contributed by atoms with van der Waals surface area (Å²) in [5, 5.41) is 12.6. The summed E-state index contributed by atoms with van der Waals surface area (Å²) in [6.07, 6.45) is 0.995. The second kappa shape index (κ2) is 13.9. The maximum atomic E-state index is 14.0. The molecule has 0 saturated heterocycles. The lowest BCUT2D eigenvalue weighted by molar-refractivity contribution is -0.113. The van der Waals surface area contributed by atoms with Crippen molar-refractivity contribution in [3.05, 3.63) is 98.1 Å². The monoisotopic (exact) mass is 681 g/mol. The standard InChI is InChI=1S/C32H33BrClN5O3S/c1-5-15-43-32-37-31-35-20(4)27(30(40)36-25-10-8-7-9-19(25)3)28(39(31)38-32)22-16-24(33)29(26(17-22)41-6-2)42-18-21-11-13-23(34)14-12-21/h7-14,16-17,28H,5-6,15,18H2,1-4H3,(H,36,40)(H,35,37,38). The first kappa shape index (κ1) is 31.0. The van der Waals surface area contributed by atoms with Gasteiger partial charge in [-0.3, -0.25) is 4.79 Å². The third-order valence-corrected chi connectivity index (χ3v) is 8.73. The molecule has 0 aliphatic carbocycles. The summed E-state index contributed by atoms with van der Waals surface area (Å²) in [7, 11) is 0. The number of aryl methyl sites for hydroxylation is 1. The molecule has 3 aromatic carbocycles. The van der Waals surface area contributed by atoms with Crippen LogP contribution in [0.3, 0.4) is 0 Å². The smallest absolute Gasteiger partial charge is 0.255 e. The maximum Gasteiger partial charge on any atom is 0.255 e. The number of nitrogens with zero attached hydrogens (tertiary/aromatic N) is 3. The van der Waals surface area contributed by atoms with Crippen LogP contribution in [0.5, 0.6) is 11.5 Å². The third kappa shape index (κ3) is 7.03. The number of aromatic nitrogens is 3. The number of hydrogen-bond donors (Lipinski definition) is 2. The Labute approximate surface area is 269 Å². The van der Waals surface area contributed by atoms with Crippen molar-refractivity contribution in [2.45, 2.75) is 51.9 Å². The van der Waals surface area contributed by atoms with Crippen LogP contribution in [-0.2, 0) is 11.4 Å². The van der Waals surface area contributed by atoms with Gasteiger partial charge < -0.3 is 20.1 Å². The molecule has 8 nitrogen and oxygen atoms in total. The van der Waals surface area contributed by atoms with E-state index in [-0.39, 0.29) is 5.91 Å². The van der Waals surface area contributed by atoms with Crippen LogP contribution in [0.15, 0.2) is 81.6 Å². The molecule has 0 saturated carbocycles. The van der Waals surface area contributed by atoms with Gasteiger partial charge in [0.25, 0.3) is 5.91 Å². The Bertz CT molecular complexity index is 1660. The van der Waals surface area contributed by atoms with Crippen molar-refractivity contribution in [2.24, 2.45) is 0 Å². The van der Waals surface area contributed by atoms with Gasteiger partial charge in [-0.1, -0.05) is 60.6 Å². The predicted octanol–water partition coefficient (Wildman–Crippen LogP) is 8.41. The minimum Gasteiger partial charge on any atom is -0.490 e. The molecule has 5 rings (SSSR count). The highest BCUT2D eigenvalue weighted by atomic mass is 79.9. The summed E-state index contributed by atoms with van der Waals surface area (Å²) >= 11 is 11.4. The van der Waals surface area contributed by atoms with E-state index in [1.807, 2.05) is 81.4 Å². The number of para-hydroxylation sites is 1. The van der Waals surface area contributed by atoms with Gasteiger partial charge in [-0.15, -0.1) is 5.10 Å². The fourth-order valence-corrected chi connectivity index (χ4v) is 6.16. The molecule has 224 valence electrons. The number of rotatable bonds is 11. The molecule has 43 heavy (non-hydrogen) atoms. The second-order valence-electron chi connectivity index (χ2n) is 10.0. The van der Waals surface area contributed by atoms with Crippen LogP contribution >= 0.6 is 39.3 Å². The fourth-order valence-electron chi connectivity index (χ4n) is 4.78. The molecule has 0 bridgehead atoms. The van der Waals surface area contributed by atoms with Crippen LogP contribution in [0, 0.1) is 6.92 Å². The van der Waals surface area contributed by atoms with Gasteiger partial charge in [0.1, 0.15) is 12.6 Å². The number of fused-ring (bicyclic) bond motifs is 1. The number of ether oxygens (including phenoxy) is 2. The fraction of sp³-hybridized carbons (Fsp3) is 0.281. The second-order valence-corrected chi connectivity index (χ2v) is 12.4. The van der Waals surface area contributed by atoms with E-state index in [2.05, 4.69) is 33.5 Å². The van der Waals surface area contributed by atoms with E-state index in [1.165, 1.54) is 0 Å². The maximum absolute atomic E-state index is 14.0. The zero-order chi connectivity index (χ0) is 30.5. The normalized spacial score (nSPS) is 14.2. The van der Waals surface area contributed by atoms with Crippen LogP contribution in [0.4, 0.5) is 11.6 Å². The van der Waals surface area contributed by atoms with E-state index in [9.17, 15) is 4.79 Å². The van der Waals surface area contributed by atoms with Gasteiger partial charge in [0.05, 0.1) is 16.7 Å². The first-order valence-corrected chi connectivity index (χ1v) is 16.2. The van der Waals surface area contributed by atoms with Gasteiger partial charge in [0.15, 0.2) is 11.5 Å². The number of carbonyl (C=O) groups is 1. The zero-order valence-corrected chi connectivity index (χ0v) is 27.6. The molecule has 0 fully saturated rings. The van der Waals surface area contributed by atoms with E-state index >= 15 is 0 Å². The SMILES string of the molecule is CCCSc1nc2n(n1)C(c1cc(Br)c(OCc3ccc(Cl)cc3)c(OCC)c1)C(C(=O)Nc1ccccc1C)=C(C)N2. The highest BCUT2D eigenvalue weighted by molar-refractivity contribution is 9.10.